The van der Waals surface area contributed by atoms with E-state index in [0.717, 1.165) is 0 Å². The average molecular weight is 107 g/mol. The van der Waals surface area contributed by atoms with Gasteiger partial charge < -0.3 is 4.79 Å². The van der Waals surface area contributed by atoms with Crippen molar-refractivity contribution >= 4 is 17.9 Å². The van der Waals surface area contributed by atoms with E-state index in [0.29, 0.717) is 6.29 Å². The molecule has 0 spiro atoms. The smallest absolute Gasteiger partial charge is 0.134 e. The molecule has 0 aliphatic heterocycles. The highest BCUT2D eigenvalue weighted by molar-refractivity contribution is 6.24. The van der Waals surface area contributed by atoms with Crippen molar-refractivity contribution in [1.82, 2.24) is 0 Å². The fourth-order valence-electron chi connectivity index (χ4n) is 0. The van der Waals surface area contributed by atoms with Crippen LogP contribution in [0.2, 0.25) is 0 Å². The SMILES string of the molecule is C=C.O=CCCl. The zero-order valence-electron chi connectivity index (χ0n) is 3.48. The molecule has 0 aromatic heterocycles. The second kappa shape index (κ2) is 22.3. The summed E-state index contributed by atoms with van der Waals surface area (Å²) in [4.78, 5) is 9.04. The molecule has 1 nitrogen and oxygen atoms in total. The van der Waals surface area contributed by atoms with Crippen molar-refractivity contribution in [2.24, 2.45) is 0 Å². The molecule has 0 aliphatic carbocycles. The van der Waals surface area contributed by atoms with Gasteiger partial charge in [-0.1, -0.05) is 0 Å². The Balaban J connectivity index is 0. The Kier molecular flexibility index (Phi) is 34.1. The normalized spacial score (nSPS) is 4.83. The van der Waals surface area contributed by atoms with E-state index in [1.54, 1.807) is 0 Å². The van der Waals surface area contributed by atoms with E-state index in [1.165, 1.54) is 0 Å². The van der Waals surface area contributed by atoms with E-state index in [-0.39, 0.29) is 5.88 Å². The highest BCUT2D eigenvalue weighted by atomic mass is 35.5. The molecule has 2 heteroatoms. The standard InChI is InChI=1S/C2H3ClO.C2H4/c3-1-2-4;1-2/h2H,1H2;1-2H2. The van der Waals surface area contributed by atoms with Crippen LogP contribution >= 0.6 is 11.6 Å². The fourth-order valence-corrected chi connectivity index (χ4v) is 0. The number of alkyl halides is 1. The van der Waals surface area contributed by atoms with Gasteiger partial charge in [-0.25, -0.2) is 0 Å². The van der Waals surface area contributed by atoms with Crippen LogP contribution in [0.1, 0.15) is 0 Å². The van der Waals surface area contributed by atoms with Crippen LogP contribution in [0.4, 0.5) is 0 Å². The van der Waals surface area contributed by atoms with Gasteiger partial charge in [0.05, 0.1) is 5.88 Å². The van der Waals surface area contributed by atoms with Crippen molar-refractivity contribution in [3.05, 3.63) is 13.2 Å². The van der Waals surface area contributed by atoms with E-state index in [4.69, 9.17) is 16.4 Å². The summed E-state index contributed by atoms with van der Waals surface area (Å²) in [5.41, 5.74) is 0. The number of rotatable bonds is 1. The van der Waals surface area contributed by atoms with Crippen LogP contribution in [0.15, 0.2) is 13.2 Å². The first-order chi connectivity index (χ1) is 2.91. The van der Waals surface area contributed by atoms with Gasteiger partial charge in [0.15, 0.2) is 0 Å². The Bertz CT molecular complexity index is 28.7. The Morgan fingerprint density at radius 1 is 1.67 bits per heavy atom. The lowest BCUT2D eigenvalue weighted by atomic mass is 10.9. The van der Waals surface area contributed by atoms with Crippen molar-refractivity contribution < 1.29 is 4.79 Å². The van der Waals surface area contributed by atoms with Gasteiger partial charge in [0, 0.05) is 0 Å². The van der Waals surface area contributed by atoms with Gasteiger partial charge in [-0.15, -0.1) is 24.8 Å². The monoisotopic (exact) mass is 106 g/mol. The topological polar surface area (TPSA) is 17.1 Å². The van der Waals surface area contributed by atoms with Crippen LogP contribution in [0.25, 0.3) is 0 Å². The largest absolute Gasteiger partial charge is 0.302 e. The van der Waals surface area contributed by atoms with Gasteiger partial charge >= 0.3 is 0 Å². The van der Waals surface area contributed by atoms with Gasteiger partial charge in [0.2, 0.25) is 0 Å². The van der Waals surface area contributed by atoms with E-state index >= 15 is 0 Å². The van der Waals surface area contributed by atoms with Gasteiger partial charge in [-0.05, 0) is 0 Å². The Morgan fingerprint density at radius 3 is 1.83 bits per heavy atom. The summed E-state index contributed by atoms with van der Waals surface area (Å²) in [6.45, 7) is 6.00. The van der Waals surface area contributed by atoms with Crippen molar-refractivity contribution in [2.75, 3.05) is 5.88 Å². The Morgan fingerprint density at radius 2 is 1.83 bits per heavy atom. The second-order valence-electron chi connectivity index (χ2n) is 0.321. The molecule has 0 aliphatic rings. The molecule has 36 valence electrons. The lowest BCUT2D eigenvalue weighted by Gasteiger charge is -1.49. The molecule has 0 radical (unpaired) electrons. The first-order valence-electron chi connectivity index (χ1n) is 1.41. The maximum Gasteiger partial charge on any atom is 0.134 e. The Labute approximate surface area is 42.6 Å². The molecule has 0 aromatic carbocycles. The van der Waals surface area contributed by atoms with Gasteiger partial charge in [0.25, 0.3) is 0 Å². The average Bonchev–Trinajstić information content (AvgIpc) is 1.72. The van der Waals surface area contributed by atoms with Crippen LogP contribution in [0.3, 0.4) is 0 Å². The summed E-state index contributed by atoms with van der Waals surface area (Å²) < 4.78 is 0. The number of carbonyl (C=O) groups is 1. The summed E-state index contributed by atoms with van der Waals surface area (Å²) in [5.74, 6) is 0.111. The highest BCUT2D eigenvalue weighted by Gasteiger charge is 1.55. The van der Waals surface area contributed by atoms with Crippen LogP contribution in [0.5, 0.6) is 0 Å². The molecule has 0 rings (SSSR count). The van der Waals surface area contributed by atoms with Crippen molar-refractivity contribution in [2.45, 2.75) is 0 Å². The van der Waals surface area contributed by atoms with E-state index in [9.17, 15) is 0 Å². The number of hydrogen-bond donors (Lipinski definition) is 0. The number of aldehydes is 1. The van der Waals surface area contributed by atoms with Gasteiger partial charge in [-0.2, -0.15) is 0 Å². The van der Waals surface area contributed by atoms with E-state index in [2.05, 4.69) is 13.2 Å². The first kappa shape index (κ1) is 9.20. The minimum Gasteiger partial charge on any atom is -0.302 e. The molecule has 0 fully saturated rings. The molecule has 0 saturated heterocycles. The summed E-state index contributed by atoms with van der Waals surface area (Å²) >= 11 is 4.82. The number of hydrogen-bond acceptors (Lipinski definition) is 1. The third-order valence-corrected chi connectivity index (χ3v) is 0.189. The summed E-state index contributed by atoms with van der Waals surface area (Å²) in [7, 11) is 0. The summed E-state index contributed by atoms with van der Waals surface area (Å²) in [6, 6.07) is 0. The zero-order valence-corrected chi connectivity index (χ0v) is 4.24. The van der Waals surface area contributed by atoms with Crippen molar-refractivity contribution in [3.63, 3.8) is 0 Å². The predicted octanol–water partition coefficient (Wildman–Crippen LogP) is 1.23. The Hall–Kier alpha value is -0.300. The molecule has 6 heavy (non-hydrogen) atoms. The van der Waals surface area contributed by atoms with Gasteiger partial charge in [-0.3, -0.25) is 0 Å². The second-order valence-corrected chi connectivity index (χ2v) is 0.630. The van der Waals surface area contributed by atoms with Crippen LogP contribution in [-0.2, 0) is 4.79 Å². The maximum atomic E-state index is 9.04. The van der Waals surface area contributed by atoms with E-state index in [1.807, 2.05) is 0 Å². The lowest BCUT2D eigenvalue weighted by Crippen LogP contribution is -1.63. The molecule has 0 heterocycles. The maximum absolute atomic E-state index is 9.04. The molecular formula is C4H7ClO. The molecular weight excluding hydrogens is 99.5 g/mol. The third kappa shape index (κ3) is 55.0. The summed E-state index contributed by atoms with van der Waals surface area (Å²) in [6.07, 6.45) is 0.640. The third-order valence-electron chi connectivity index (χ3n) is 0.0630. The lowest BCUT2D eigenvalue weighted by molar-refractivity contribution is -0.105. The van der Waals surface area contributed by atoms with Crippen molar-refractivity contribution in [1.29, 1.82) is 0 Å². The highest BCUT2D eigenvalue weighted by Crippen LogP contribution is 1.57. The summed E-state index contributed by atoms with van der Waals surface area (Å²) in [5, 5.41) is 0. The molecule has 0 atom stereocenters. The van der Waals surface area contributed by atoms with Crippen molar-refractivity contribution in [3.8, 4) is 0 Å². The minimum absolute atomic E-state index is 0.111. The minimum atomic E-state index is 0.111. The molecule has 0 saturated carbocycles. The van der Waals surface area contributed by atoms with Crippen LogP contribution in [-0.4, -0.2) is 12.2 Å². The quantitative estimate of drug-likeness (QED) is 0.279. The predicted molar refractivity (Wildman–Crippen MR) is 28.0 cm³/mol. The first-order valence-corrected chi connectivity index (χ1v) is 1.95. The molecule has 0 aromatic rings. The van der Waals surface area contributed by atoms with Crippen LogP contribution < -0.4 is 0 Å². The molecule has 0 N–H and O–H groups in total. The zero-order chi connectivity index (χ0) is 5.41. The molecule has 0 amide bonds. The number of carbonyl (C=O) groups excluding carboxylic acids is 1. The van der Waals surface area contributed by atoms with Gasteiger partial charge in [0.1, 0.15) is 6.29 Å². The molecule has 0 unspecified atom stereocenters. The molecule has 0 bridgehead atoms. The fraction of sp³-hybridized carbons (Fsp3) is 0.250. The van der Waals surface area contributed by atoms with Crippen LogP contribution in [0, 0.1) is 0 Å². The number of halogens is 1. The van der Waals surface area contributed by atoms with E-state index < -0.39 is 0 Å².